The molecule has 0 saturated heterocycles. The van der Waals surface area contributed by atoms with E-state index in [0.29, 0.717) is 11.5 Å². The minimum atomic E-state index is 0. The molecule has 6 heterocycles. The summed E-state index contributed by atoms with van der Waals surface area (Å²) in [5.74, 6) is 1.10. The van der Waals surface area contributed by atoms with Gasteiger partial charge in [0.25, 0.3) is 0 Å². The molecular weight excluding hydrogens is 848 g/mol. The molecule has 0 saturated carbocycles. The van der Waals surface area contributed by atoms with Crippen molar-refractivity contribution in [3.05, 3.63) is 170 Å². The largest absolute Gasteiger partial charge is 2.00 e. The molecule has 7 nitrogen and oxygen atoms in total. The molecule has 0 aliphatic carbocycles. The number of aromatic nitrogens is 6. The van der Waals surface area contributed by atoms with Gasteiger partial charge in [0.15, 0.2) is 0 Å². The first-order valence-corrected chi connectivity index (χ1v) is 17.4. The van der Waals surface area contributed by atoms with Gasteiger partial charge in [-0.2, -0.15) is 0 Å². The average Bonchev–Trinajstić information content (AvgIpc) is 3.86. The van der Waals surface area contributed by atoms with Crippen LogP contribution in [0.4, 0.5) is 0 Å². The Bertz CT molecular complexity index is 3200. The van der Waals surface area contributed by atoms with Crippen LogP contribution in [0.25, 0.3) is 88.7 Å². The first kappa shape index (κ1) is 32.0. The van der Waals surface area contributed by atoms with Gasteiger partial charge in [0.2, 0.25) is 0 Å². The fourth-order valence-corrected chi connectivity index (χ4v) is 7.57. The van der Waals surface area contributed by atoms with Crippen molar-refractivity contribution in [3.8, 4) is 45.3 Å². The number of hydrogen-bond donors (Lipinski definition) is 0. The third kappa shape index (κ3) is 4.93. The van der Waals surface area contributed by atoms with Gasteiger partial charge in [-0.25, -0.2) is 4.98 Å². The van der Waals surface area contributed by atoms with E-state index in [2.05, 4.69) is 93.7 Å². The van der Waals surface area contributed by atoms with Gasteiger partial charge in [0.05, 0.1) is 39.4 Å². The molecule has 11 rings (SSSR count). The van der Waals surface area contributed by atoms with E-state index in [0.717, 1.165) is 88.7 Å². The summed E-state index contributed by atoms with van der Waals surface area (Å²) in [6.07, 6.45) is 5.55. The summed E-state index contributed by atoms with van der Waals surface area (Å²) < 4.78 is 10.9. The Kier molecular flexibility index (Phi) is 7.56. The molecule has 8 heteroatoms. The Morgan fingerprint density at radius 3 is 1.85 bits per heavy atom. The molecule has 256 valence electrons. The minimum absolute atomic E-state index is 0. The third-order valence-corrected chi connectivity index (χ3v) is 9.88. The third-order valence-electron chi connectivity index (χ3n) is 9.88. The maximum Gasteiger partial charge on any atom is 2.00 e. The molecule has 0 N–H and O–H groups in total. The Morgan fingerprint density at radius 2 is 1.11 bits per heavy atom. The van der Waals surface area contributed by atoms with Crippen LogP contribution in [-0.4, -0.2) is 28.7 Å². The van der Waals surface area contributed by atoms with Crippen LogP contribution in [0.3, 0.4) is 0 Å². The van der Waals surface area contributed by atoms with E-state index in [1.54, 1.807) is 0 Å². The zero-order valence-electron chi connectivity index (χ0n) is 28.4. The zero-order valence-corrected chi connectivity index (χ0v) is 30.7. The first-order valence-electron chi connectivity index (χ1n) is 17.4. The maximum atomic E-state index is 6.59. The van der Waals surface area contributed by atoms with E-state index in [-0.39, 0.29) is 21.1 Å². The van der Waals surface area contributed by atoms with Crippen molar-refractivity contribution in [2.75, 3.05) is 0 Å². The summed E-state index contributed by atoms with van der Waals surface area (Å²) in [6, 6.07) is 54.2. The number of fused-ring (bicyclic) bond motifs is 12. The molecule has 6 aromatic heterocycles. The number of ether oxygens (including phenoxy) is 1. The van der Waals surface area contributed by atoms with Crippen LogP contribution in [0.5, 0.6) is 11.5 Å². The van der Waals surface area contributed by atoms with Crippen LogP contribution in [0, 0.1) is 12.1 Å². The van der Waals surface area contributed by atoms with Crippen molar-refractivity contribution >= 4 is 54.9 Å². The van der Waals surface area contributed by atoms with E-state index in [4.69, 9.17) is 24.7 Å². The van der Waals surface area contributed by atoms with E-state index in [1.165, 1.54) is 0 Å². The Hall–Kier alpha value is -6.69. The van der Waals surface area contributed by atoms with E-state index < -0.39 is 0 Å². The van der Waals surface area contributed by atoms with Gasteiger partial charge < -0.3 is 13.5 Å². The molecule has 0 spiro atoms. The van der Waals surface area contributed by atoms with Crippen molar-refractivity contribution in [2.24, 2.45) is 0 Å². The molecule has 0 unspecified atom stereocenters. The molecule has 0 radical (unpaired) electrons. The maximum absolute atomic E-state index is 6.59. The quantitative estimate of drug-likeness (QED) is 0.127. The second-order valence-electron chi connectivity index (χ2n) is 12.9. The van der Waals surface area contributed by atoms with Gasteiger partial charge in [-0.05, 0) is 34.7 Å². The van der Waals surface area contributed by atoms with Gasteiger partial charge in [-0.1, -0.05) is 143 Å². The van der Waals surface area contributed by atoms with Crippen LogP contribution in [0.15, 0.2) is 158 Å². The second-order valence-corrected chi connectivity index (χ2v) is 12.9. The first-order chi connectivity index (χ1) is 26.3. The van der Waals surface area contributed by atoms with Crippen molar-refractivity contribution < 1.29 is 25.8 Å². The second kappa shape index (κ2) is 12.8. The Balaban J connectivity index is 0.00000361. The monoisotopic (exact) mass is 873 g/mol. The number of pyridine rings is 4. The fourth-order valence-electron chi connectivity index (χ4n) is 7.57. The summed E-state index contributed by atoms with van der Waals surface area (Å²) >= 11 is 0. The van der Waals surface area contributed by atoms with Crippen molar-refractivity contribution in [1.29, 1.82) is 0 Å². The smallest absolute Gasteiger partial charge is 0.497 e. The van der Waals surface area contributed by atoms with Crippen molar-refractivity contribution in [2.45, 2.75) is 0 Å². The molecular formula is C46H26N6OPt. The normalized spacial score (nSPS) is 11.6. The molecule has 0 bridgehead atoms. The number of imidazole rings is 2. The average molecular weight is 874 g/mol. The Labute approximate surface area is 323 Å². The number of nitrogens with zero attached hydrogens (tertiary/aromatic N) is 6. The van der Waals surface area contributed by atoms with E-state index in [1.807, 2.05) is 85.3 Å². The van der Waals surface area contributed by atoms with Gasteiger partial charge in [0, 0.05) is 35.7 Å². The van der Waals surface area contributed by atoms with Crippen LogP contribution in [0.2, 0.25) is 0 Å². The summed E-state index contributed by atoms with van der Waals surface area (Å²) in [4.78, 5) is 19.9. The summed E-state index contributed by atoms with van der Waals surface area (Å²) in [5, 5.41) is 4.61. The van der Waals surface area contributed by atoms with E-state index >= 15 is 0 Å². The van der Waals surface area contributed by atoms with Gasteiger partial charge in [-0.15, -0.1) is 12.1 Å². The van der Waals surface area contributed by atoms with Crippen molar-refractivity contribution in [3.63, 3.8) is 0 Å². The van der Waals surface area contributed by atoms with Gasteiger partial charge in [0.1, 0.15) is 5.65 Å². The SMILES string of the molecule is [Pt+2].[c-]1c(Oc2[c-]c3c(cc2)c2cccnc2n2c(-c4ccccc4)cnc32)ccc2c1c1nc(-c3ccccc3)c(-c3ccccc3)n1c1cccnc21. The predicted octanol–water partition coefficient (Wildman–Crippen LogP) is 10.8. The molecule has 0 atom stereocenters. The van der Waals surface area contributed by atoms with Crippen molar-refractivity contribution in [1.82, 2.24) is 28.7 Å². The molecule has 54 heavy (non-hydrogen) atoms. The summed E-state index contributed by atoms with van der Waals surface area (Å²) in [6.45, 7) is 0. The molecule has 0 amide bonds. The summed E-state index contributed by atoms with van der Waals surface area (Å²) in [7, 11) is 0. The number of hydrogen-bond acceptors (Lipinski definition) is 5. The number of rotatable bonds is 5. The van der Waals surface area contributed by atoms with Crippen LogP contribution in [-0.2, 0) is 21.1 Å². The van der Waals surface area contributed by atoms with Crippen LogP contribution >= 0.6 is 0 Å². The predicted molar refractivity (Wildman–Crippen MR) is 210 cm³/mol. The van der Waals surface area contributed by atoms with E-state index in [9.17, 15) is 0 Å². The molecule has 0 fully saturated rings. The summed E-state index contributed by atoms with van der Waals surface area (Å²) in [5.41, 5.74) is 10.2. The fraction of sp³-hybridized carbons (Fsp3) is 0. The molecule has 0 aliphatic heterocycles. The van der Waals surface area contributed by atoms with Crippen LogP contribution < -0.4 is 4.74 Å². The van der Waals surface area contributed by atoms with Gasteiger partial charge >= 0.3 is 21.1 Å². The molecule has 11 aromatic rings. The zero-order chi connectivity index (χ0) is 34.9. The molecule has 5 aromatic carbocycles. The standard InChI is InChI=1S/C46H26N6O.Pt/c1-4-12-29(13-5-1)40-28-49-45-37-26-32(20-22-34(37)36-18-10-25-48-44(36)52(40)45)53-33-21-23-35-38(27-33)46-50-41(30-14-6-2-7-15-30)43(31-16-8-3-9-17-31)51(46)39-19-11-24-47-42(35)39;/h1-25,28H;/q-2;+2. The van der Waals surface area contributed by atoms with Gasteiger partial charge in [-0.3, -0.25) is 15.0 Å². The topological polar surface area (TPSA) is 69.6 Å². The van der Waals surface area contributed by atoms with Crippen LogP contribution in [0.1, 0.15) is 0 Å². The minimum Gasteiger partial charge on any atom is -0.497 e. The number of benzene rings is 5. The Morgan fingerprint density at radius 1 is 0.481 bits per heavy atom. The molecule has 0 aliphatic rings.